The molecule has 0 saturated heterocycles. The van der Waals surface area contributed by atoms with Gasteiger partial charge in [0.1, 0.15) is 6.54 Å². The lowest BCUT2D eigenvalue weighted by Crippen LogP contribution is -2.33. The van der Waals surface area contributed by atoms with Crippen LogP contribution in [0.1, 0.15) is 51.5 Å². The van der Waals surface area contributed by atoms with Gasteiger partial charge >= 0.3 is 0 Å². The standard InChI is InChI=1S/C14H24N.CH4O3S/c1-3-5-6-7-8-11-15-12-9-10-14(4-2)13-15;1-5(2,3)4/h9-10,12-13H,3-8,11H2,1-2H3;1H3,(H,2,3,4)/q+1;. The molecular weight excluding hydrogens is 274 g/mol. The van der Waals surface area contributed by atoms with Gasteiger partial charge in [0, 0.05) is 18.1 Å². The van der Waals surface area contributed by atoms with Crippen LogP contribution in [0.5, 0.6) is 0 Å². The van der Waals surface area contributed by atoms with Crippen molar-refractivity contribution in [2.24, 2.45) is 0 Å². The Hall–Kier alpha value is -0.940. The zero-order valence-electron chi connectivity index (χ0n) is 12.9. The van der Waals surface area contributed by atoms with Crippen LogP contribution in [0.15, 0.2) is 24.5 Å². The molecule has 4 nitrogen and oxygen atoms in total. The summed E-state index contributed by atoms with van der Waals surface area (Å²) in [5.41, 5.74) is 1.44. The maximum Gasteiger partial charge on any atom is 0.261 e. The summed E-state index contributed by atoms with van der Waals surface area (Å²) < 4.78 is 28.2. The fourth-order valence-corrected chi connectivity index (χ4v) is 1.82. The molecule has 1 aromatic rings. The van der Waals surface area contributed by atoms with E-state index in [1.165, 1.54) is 44.2 Å². The van der Waals surface area contributed by atoms with Gasteiger partial charge < -0.3 is 0 Å². The molecule has 20 heavy (non-hydrogen) atoms. The van der Waals surface area contributed by atoms with E-state index in [9.17, 15) is 8.42 Å². The molecule has 1 rings (SSSR count). The van der Waals surface area contributed by atoms with Crippen molar-refractivity contribution in [1.29, 1.82) is 0 Å². The molecule has 0 bridgehead atoms. The van der Waals surface area contributed by atoms with Gasteiger partial charge in [-0.1, -0.05) is 33.1 Å². The minimum absolute atomic E-state index is 0.715. The average Bonchev–Trinajstić information content (AvgIpc) is 2.37. The van der Waals surface area contributed by atoms with Crippen molar-refractivity contribution >= 4 is 10.1 Å². The van der Waals surface area contributed by atoms with Gasteiger partial charge in [-0.2, -0.15) is 8.42 Å². The number of unbranched alkanes of at least 4 members (excludes halogenated alkanes) is 4. The predicted molar refractivity (Wildman–Crippen MR) is 82.2 cm³/mol. The third-order valence-electron chi connectivity index (χ3n) is 2.85. The molecule has 0 fully saturated rings. The van der Waals surface area contributed by atoms with Crippen LogP contribution >= 0.6 is 0 Å². The summed E-state index contributed by atoms with van der Waals surface area (Å²) in [5.74, 6) is 0. The number of hydrogen-bond acceptors (Lipinski definition) is 2. The van der Waals surface area contributed by atoms with Crippen molar-refractivity contribution in [3.63, 3.8) is 0 Å². The van der Waals surface area contributed by atoms with E-state index < -0.39 is 10.1 Å². The minimum atomic E-state index is -3.67. The third kappa shape index (κ3) is 13.5. The number of pyridine rings is 1. The molecule has 0 radical (unpaired) electrons. The number of aryl methyl sites for hydroxylation is 2. The Morgan fingerprint density at radius 3 is 2.30 bits per heavy atom. The van der Waals surface area contributed by atoms with E-state index in [-0.39, 0.29) is 0 Å². The van der Waals surface area contributed by atoms with Crippen LogP contribution in [0.3, 0.4) is 0 Å². The molecule has 0 aliphatic rings. The van der Waals surface area contributed by atoms with Crippen molar-refractivity contribution < 1.29 is 17.5 Å². The van der Waals surface area contributed by atoms with Gasteiger partial charge in [0.05, 0.1) is 6.26 Å². The Morgan fingerprint density at radius 1 is 1.15 bits per heavy atom. The third-order valence-corrected chi connectivity index (χ3v) is 2.85. The van der Waals surface area contributed by atoms with Crippen molar-refractivity contribution in [1.82, 2.24) is 0 Å². The highest BCUT2D eigenvalue weighted by atomic mass is 32.2. The second-order valence-electron chi connectivity index (χ2n) is 4.95. The fourth-order valence-electron chi connectivity index (χ4n) is 1.82. The smallest absolute Gasteiger partial charge is 0.261 e. The van der Waals surface area contributed by atoms with Gasteiger partial charge in [0.25, 0.3) is 10.1 Å². The second kappa shape index (κ2) is 10.8. The van der Waals surface area contributed by atoms with E-state index in [1.54, 1.807) is 0 Å². The Morgan fingerprint density at radius 2 is 1.75 bits per heavy atom. The molecule has 5 heteroatoms. The highest BCUT2D eigenvalue weighted by Crippen LogP contribution is 2.02. The van der Waals surface area contributed by atoms with E-state index in [2.05, 4.69) is 42.9 Å². The summed E-state index contributed by atoms with van der Waals surface area (Å²) >= 11 is 0. The maximum absolute atomic E-state index is 9.19. The molecule has 1 aromatic heterocycles. The second-order valence-corrected chi connectivity index (χ2v) is 6.42. The summed E-state index contributed by atoms with van der Waals surface area (Å²) in [6.07, 6.45) is 13.1. The van der Waals surface area contributed by atoms with E-state index in [0.29, 0.717) is 6.26 Å². The van der Waals surface area contributed by atoms with Crippen molar-refractivity contribution in [3.05, 3.63) is 30.1 Å². The predicted octanol–water partition coefficient (Wildman–Crippen LogP) is 3.01. The molecule has 0 atom stereocenters. The Bertz CT molecular complexity index is 450. The van der Waals surface area contributed by atoms with E-state index in [0.717, 1.165) is 6.42 Å². The molecule has 0 unspecified atom stereocenters. The van der Waals surface area contributed by atoms with Crippen LogP contribution in [-0.4, -0.2) is 19.2 Å². The molecule has 1 N–H and O–H groups in total. The largest absolute Gasteiger partial charge is 0.286 e. The molecule has 0 aromatic carbocycles. The Labute approximate surface area is 123 Å². The zero-order chi connectivity index (χ0) is 15.4. The maximum atomic E-state index is 9.19. The lowest BCUT2D eigenvalue weighted by atomic mass is 10.1. The first-order valence-electron chi connectivity index (χ1n) is 7.27. The number of aromatic nitrogens is 1. The van der Waals surface area contributed by atoms with Crippen LogP contribution in [0.25, 0.3) is 0 Å². The van der Waals surface area contributed by atoms with E-state index in [4.69, 9.17) is 4.55 Å². The Kier molecular flexibility index (Phi) is 10.3. The van der Waals surface area contributed by atoms with Crippen molar-refractivity contribution in [2.75, 3.05) is 6.26 Å². The topological polar surface area (TPSA) is 58.2 Å². The SMILES string of the molecule is CCCCCCC[n+]1cccc(CC)c1.CS(=O)(=O)O. The van der Waals surface area contributed by atoms with Crippen molar-refractivity contribution in [3.8, 4) is 0 Å². The van der Waals surface area contributed by atoms with Gasteiger partial charge in [-0.3, -0.25) is 4.55 Å². The first kappa shape index (κ1) is 19.1. The highest BCUT2D eigenvalue weighted by Gasteiger charge is 2.00. The molecule has 0 spiro atoms. The molecule has 0 aliphatic heterocycles. The van der Waals surface area contributed by atoms with Gasteiger partial charge in [-0.15, -0.1) is 0 Å². The summed E-state index contributed by atoms with van der Waals surface area (Å²) in [7, 11) is -3.67. The first-order valence-corrected chi connectivity index (χ1v) is 9.12. The number of nitrogens with zero attached hydrogens (tertiary/aromatic N) is 1. The lowest BCUT2D eigenvalue weighted by Gasteiger charge is -1.99. The summed E-state index contributed by atoms with van der Waals surface area (Å²) in [5, 5.41) is 0. The van der Waals surface area contributed by atoms with Crippen LogP contribution in [0.4, 0.5) is 0 Å². The highest BCUT2D eigenvalue weighted by molar-refractivity contribution is 7.85. The van der Waals surface area contributed by atoms with Crippen LogP contribution in [0, 0.1) is 0 Å². The van der Waals surface area contributed by atoms with Crippen LogP contribution in [0.2, 0.25) is 0 Å². The lowest BCUT2D eigenvalue weighted by molar-refractivity contribution is -0.697. The Balaban J connectivity index is 0.000000621. The fraction of sp³-hybridized carbons (Fsp3) is 0.667. The van der Waals surface area contributed by atoms with Gasteiger partial charge in [0.15, 0.2) is 12.4 Å². The summed E-state index contributed by atoms with van der Waals surface area (Å²) in [4.78, 5) is 0. The molecule has 0 amide bonds. The molecule has 0 aliphatic carbocycles. The first-order chi connectivity index (χ1) is 9.36. The summed E-state index contributed by atoms with van der Waals surface area (Å²) in [6.45, 7) is 5.65. The van der Waals surface area contributed by atoms with Gasteiger partial charge in [-0.05, 0) is 18.9 Å². The number of rotatable bonds is 7. The molecule has 116 valence electrons. The molecular formula is C15H28NO3S+. The minimum Gasteiger partial charge on any atom is -0.286 e. The quantitative estimate of drug-likeness (QED) is 0.478. The van der Waals surface area contributed by atoms with E-state index >= 15 is 0 Å². The average molecular weight is 302 g/mol. The summed E-state index contributed by atoms with van der Waals surface area (Å²) in [6, 6.07) is 4.36. The van der Waals surface area contributed by atoms with Gasteiger partial charge in [0.2, 0.25) is 0 Å². The van der Waals surface area contributed by atoms with Gasteiger partial charge in [-0.25, -0.2) is 4.57 Å². The monoisotopic (exact) mass is 302 g/mol. The molecule has 1 heterocycles. The molecule has 0 saturated carbocycles. The normalized spacial score (nSPS) is 10.8. The zero-order valence-corrected chi connectivity index (χ0v) is 13.7. The number of hydrogen-bond donors (Lipinski definition) is 1. The van der Waals surface area contributed by atoms with Crippen molar-refractivity contribution in [2.45, 2.75) is 58.9 Å². The van der Waals surface area contributed by atoms with Crippen LogP contribution in [-0.2, 0) is 23.1 Å². The van der Waals surface area contributed by atoms with E-state index in [1.807, 2.05) is 0 Å². The van der Waals surface area contributed by atoms with Crippen LogP contribution < -0.4 is 4.57 Å².